The Hall–Kier alpha value is -2.04. The number of nitrogens with one attached hydrogen (secondary N) is 1. The molecule has 1 atom stereocenters. The van der Waals surface area contributed by atoms with Crippen molar-refractivity contribution in [2.75, 3.05) is 5.73 Å². The highest BCUT2D eigenvalue weighted by Crippen LogP contribution is 2.13. The maximum atomic E-state index is 12.0. The van der Waals surface area contributed by atoms with Crippen LogP contribution in [0, 0.1) is 12.8 Å². The lowest BCUT2D eigenvalue weighted by molar-refractivity contribution is -0.139. The van der Waals surface area contributed by atoms with Crippen molar-refractivity contribution in [1.82, 2.24) is 5.32 Å². The van der Waals surface area contributed by atoms with Crippen molar-refractivity contribution >= 4 is 17.6 Å². The fraction of sp³-hybridized carbons (Fsp3) is 0.429. The Balaban J connectivity index is 2.81. The van der Waals surface area contributed by atoms with E-state index in [4.69, 9.17) is 10.8 Å². The van der Waals surface area contributed by atoms with Gasteiger partial charge in [0, 0.05) is 11.3 Å². The number of amides is 1. The number of hydrogen-bond donors (Lipinski definition) is 3. The van der Waals surface area contributed by atoms with Crippen molar-refractivity contribution in [1.29, 1.82) is 0 Å². The summed E-state index contributed by atoms with van der Waals surface area (Å²) in [4.78, 5) is 23.1. The molecule has 0 saturated carbocycles. The number of nitrogens with two attached hydrogens (primary N) is 1. The largest absolute Gasteiger partial charge is 0.480 e. The third-order valence-electron chi connectivity index (χ3n) is 2.84. The fourth-order valence-electron chi connectivity index (χ4n) is 1.75. The molecule has 5 nitrogen and oxygen atoms in total. The highest BCUT2D eigenvalue weighted by molar-refractivity contribution is 5.97. The zero-order valence-electron chi connectivity index (χ0n) is 11.4. The Bertz CT molecular complexity index is 484. The summed E-state index contributed by atoms with van der Waals surface area (Å²) in [5.74, 6) is -1.22. The third kappa shape index (κ3) is 4.28. The van der Waals surface area contributed by atoms with E-state index in [9.17, 15) is 9.59 Å². The SMILES string of the molecule is Cc1cc(C(=O)N[C@H](CC(C)C)C(=O)O)ccc1N. The van der Waals surface area contributed by atoms with Gasteiger partial charge in [-0.15, -0.1) is 0 Å². The minimum atomic E-state index is -1.02. The third-order valence-corrected chi connectivity index (χ3v) is 2.84. The molecule has 19 heavy (non-hydrogen) atoms. The maximum absolute atomic E-state index is 12.0. The molecule has 0 spiro atoms. The highest BCUT2D eigenvalue weighted by Gasteiger charge is 2.21. The second-order valence-corrected chi connectivity index (χ2v) is 5.07. The first kappa shape index (κ1) is 15.0. The molecule has 0 bridgehead atoms. The molecule has 0 aromatic heterocycles. The molecule has 1 aromatic carbocycles. The molecule has 104 valence electrons. The number of nitrogen functional groups attached to an aromatic ring is 1. The van der Waals surface area contributed by atoms with Crippen molar-refractivity contribution in [2.45, 2.75) is 33.2 Å². The second kappa shape index (κ2) is 6.22. The van der Waals surface area contributed by atoms with Crippen LogP contribution in [0.15, 0.2) is 18.2 Å². The van der Waals surface area contributed by atoms with Crippen molar-refractivity contribution in [3.8, 4) is 0 Å². The first-order valence-corrected chi connectivity index (χ1v) is 6.21. The van der Waals surface area contributed by atoms with E-state index >= 15 is 0 Å². The van der Waals surface area contributed by atoms with E-state index in [1.807, 2.05) is 13.8 Å². The number of anilines is 1. The molecule has 1 amide bonds. The van der Waals surface area contributed by atoms with Crippen LogP contribution in [0.5, 0.6) is 0 Å². The maximum Gasteiger partial charge on any atom is 0.326 e. The Morgan fingerprint density at radius 1 is 1.37 bits per heavy atom. The van der Waals surface area contributed by atoms with Crippen LogP contribution in [-0.2, 0) is 4.79 Å². The summed E-state index contributed by atoms with van der Waals surface area (Å²) in [5, 5.41) is 11.6. The smallest absolute Gasteiger partial charge is 0.326 e. The summed E-state index contributed by atoms with van der Waals surface area (Å²) >= 11 is 0. The van der Waals surface area contributed by atoms with Crippen molar-refractivity contribution in [2.24, 2.45) is 5.92 Å². The van der Waals surface area contributed by atoms with Gasteiger partial charge in [-0.3, -0.25) is 4.79 Å². The molecule has 1 rings (SSSR count). The normalized spacial score (nSPS) is 12.2. The number of carboxylic acid groups (broad SMARTS) is 1. The highest BCUT2D eigenvalue weighted by atomic mass is 16.4. The van der Waals surface area contributed by atoms with Crippen molar-refractivity contribution in [3.05, 3.63) is 29.3 Å². The number of benzene rings is 1. The first-order valence-electron chi connectivity index (χ1n) is 6.21. The summed E-state index contributed by atoms with van der Waals surface area (Å²) in [7, 11) is 0. The predicted molar refractivity (Wildman–Crippen MR) is 73.9 cm³/mol. The van der Waals surface area contributed by atoms with Gasteiger partial charge in [-0.25, -0.2) is 4.79 Å². The Morgan fingerprint density at radius 3 is 2.47 bits per heavy atom. The number of aliphatic carboxylic acids is 1. The molecule has 0 saturated heterocycles. The fourth-order valence-corrected chi connectivity index (χ4v) is 1.75. The monoisotopic (exact) mass is 264 g/mol. The molecule has 0 aliphatic carbocycles. The lowest BCUT2D eigenvalue weighted by atomic mass is 10.0. The van der Waals surface area contributed by atoms with E-state index in [0.29, 0.717) is 17.7 Å². The van der Waals surface area contributed by atoms with Crippen LogP contribution in [0.25, 0.3) is 0 Å². The summed E-state index contributed by atoms with van der Waals surface area (Å²) in [6.45, 7) is 5.62. The Kier molecular flexibility index (Phi) is 4.92. The quantitative estimate of drug-likeness (QED) is 0.707. The van der Waals surface area contributed by atoms with Gasteiger partial charge in [0.1, 0.15) is 6.04 Å². The van der Waals surface area contributed by atoms with Gasteiger partial charge in [-0.1, -0.05) is 13.8 Å². The number of carbonyl (C=O) groups is 2. The Labute approximate surface area is 112 Å². The van der Waals surface area contributed by atoms with Crippen LogP contribution >= 0.6 is 0 Å². The van der Waals surface area contributed by atoms with Crippen molar-refractivity contribution in [3.63, 3.8) is 0 Å². The number of rotatable bonds is 5. The Morgan fingerprint density at radius 2 is 2.00 bits per heavy atom. The summed E-state index contributed by atoms with van der Waals surface area (Å²) in [6, 6.07) is 4.01. The molecule has 0 heterocycles. The molecule has 0 fully saturated rings. The molecule has 0 unspecified atom stereocenters. The van der Waals surface area contributed by atoms with E-state index in [2.05, 4.69) is 5.32 Å². The average Bonchev–Trinajstić information content (AvgIpc) is 2.31. The van der Waals surface area contributed by atoms with Crippen LogP contribution < -0.4 is 11.1 Å². The van der Waals surface area contributed by atoms with Crippen molar-refractivity contribution < 1.29 is 14.7 Å². The lowest BCUT2D eigenvalue weighted by Gasteiger charge is -2.16. The molecular formula is C14H20N2O3. The number of aryl methyl sites for hydroxylation is 1. The molecule has 0 aliphatic rings. The van der Waals surface area contributed by atoms with Gasteiger partial charge < -0.3 is 16.2 Å². The van der Waals surface area contributed by atoms with Gasteiger partial charge in [0.05, 0.1) is 0 Å². The standard InChI is InChI=1S/C14H20N2O3/c1-8(2)6-12(14(18)19)16-13(17)10-4-5-11(15)9(3)7-10/h4-5,7-8,12H,6,15H2,1-3H3,(H,16,17)(H,18,19)/t12-/m1/s1. The molecule has 0 aliphatic heterocycles. The minimum absolute atomic E-state index is 0.189. The van der Waals surface area contributed by atoms with E-state index < -0.39 is 17.9 Å². The lowest BCUT2D eigenvalue weighted by Crippen LogP contribution is -2.41. The topological polar surface area (TPSA) is 92.4 Å². The van der Waals surface area contributed by atoms with Gasteiger partial charge >= 0.3 is 5.97 Å². The van der Waals surface area contributed by atoms with Crippen LogP contribution in [0.4, 0.5) is 5.69 Å². The van der Waals surface area contributed by atoms with Gasteiger partial charge in [0.2, 0.25) is 0 Å². The molecular weight excluding hydrogens is 244 g/mol. The van der Waals surface area contributed by atoms with E-state index in [1.165, 1.54) is 0 Å². The van der Waals surface area contributed by atoms with Gasteiger partial charge in [0.15, 0.2) is 0 Å². The molecule has 4 N–H and O–H groups in total. The van der Waals surface area contributed by atoms with Crippen LogP contribution in [0.3, 0.4) is 0 Å². The second-order valence-electron chi connectivity index (χ2n) is 5.07. The average molecular weight is 264 g/mol. The van der Waals surface area contributed by atoms with Crippen LogP contribution in [-0.4, -0.2) is 23.0 Å². The van der Waals surface area contributed by atoms with Gasteiger partial charge in [-0.2, -0.15) is 0 Å². The minimum Gasteiger partial charge on any atom is -0.480 e. The summed E-state index contributed by atoms with van der Waals surface area (Å²) in [6.07, 6.45) is 0.398. The first-order chi connectivity index (χ1) is 8.81. The van der Waals surface area contributed by atoms with E-state index in [1.54, 1.807) is 25.1 Å². The number of carbonyl (C=O) groups excluding carboxylic acids is 1. The van der Waals surface area contributed by atoms with Crippen LogP contribution in [0.2, 0.25) is 0 Å². The van der Waals surface area contributed by atoms with Gasteiger partial charge in [-0.05, 0) is 43.0 Å². The van der Waals surface area contributed by atoms with Crippen LogP contribution in [0.1, 0.15) is 36.2 Å². The predicted octanol–water partition coefficient (Wildman–Crippen LogP) is 1.81. The number of carboxylic acids is 1. The van der Waals surface area contributed by atoms with Gasteiger partial charge in [0.25, 0.3) is 5.91 Å². The zero-order valence-corrected chi connectivity index (χ0v) is 11.4. The molecule has 5 heteroatoms. The summed E-state index contributed by atoms with van der Waals surface area (Å²) < 4.78 is 0. The molecule has 0 radical (unpaired) electrons. The molecule has 1 aromatic rings. The summed E-state index contributed by atoms with van der Waals surface area (Å²) in [5.41, 5.74) is 7.50. The van der Waals surface area contributed by atoms with E-state index in [0.717, 1.165) is 5.56 Å². The van der Waals surface area contributed by atoms with E-state index in [-0.39, 0.29) is 5.92 Å². The number of hydrogen-bond acceptors (Lipinski definition) is 3. The zero-order chi connectivity index (χ0) is 14.6.